The predicted molar refractivity (Wildman–Crippen MR) is 58.8 cm³/mol. The number of carbonyl (C=O) groups is 1. The number of hydrogen-bond acceptors (Lipinski definition) is 3. The third-order valence-corrected chi connectivity index (χ3v) is 2.46. The molecule has 0 bridgehead atoms. The lowest BCUT2D eigenvalue weighted by Gasteiger charge is -1.97. The molecule has 0 radical (unpaired) electrons. The third-order valence-electron chi connectivity index (χ3n) is 2.46. The molecule has 78 valence electrons. The molecule has 0 spiro atoms. The van der Waals surface area contributed by atoms with E-state index in [9.17, 15) is 4.79 Å². The zero-order valence-corrected chi connectivity index (χ0v) is 8.63. The van der Waals surface area contributed by atoms with Crippen molar-refractivity contribution in [3.05, 3.63) is 29.5 Å². The van der Waals surface area contributed by atoms with E-state index in [1.165, 1.54) is 7.11 Å². The van der Waals surface area contributed by atoms with Gasteiger partial charge in [0, 0.05) is 10.9 Å². The number of nitrogens with one attached hydrogen (secondary N) is 1. The number of H-pyrrole nitrogens is 1. The normalized spacial score (nSPS) is 10.5. The summed E-state index contributed by atoms with van der Waals surface area (Å²) in [6.07, 6.45) is 0. The number of nitrogens with two attached hydrogens (primary N) is 1. The Balaban J connectivity index is 2.75. The highest BCUT2D eigenvalue weighted by atomic mass is 16.5. The van der Waals surface area contributed by atoms with Crippen molar-refractivity contribution in [3.63, 3.8) is 0 Å². The van der Waals surface area contributed by atoms with Crippen LogP contribution in [0.3, 0.4) is 0 Å². The van der Waals surface area contributed by atoms with E-state index in [2.05, 4.69) is 9.72 Å². The first-order valence-electron chi connectivity index (χ1n) is 4.60. The molecule has 1 aromatic heterocycles. The SMILES string of the molecule is COC(=O)c1[nH]c2cccc(C)c2c1N. The van der Waals surface area contributed by atoms with Gasteiger partial charge in [0.05, 0.1) is 12.8 Å². The molecule has 1 heterocycles. The number of ether oxygens (including phenoxy) is 1. The second kappa shape index (κ2) is 3.31. The number of carbonyl (C=O) groups excluding carboxylic acids is 1. The summed E-state index contributed by atoms with van der Waals surface area (Å²) in [7, 11) is 1.33. The zero-order valence-electron chi connectivity index (χ0n) is 8.63. The Labute approximate surface area is 87.0 Å². The maximum absolute atomic E-state index is 11.4. The number of aromatic amines is 1. The topological polar surface area (TPSA) is 68.1 Å². The summed E-state index contributed by atoms with van der Waals surface area (Å²) in [5.74, 6) is -0.442. The maximum atomic E-state index is 11.4. The fourth-order valence-corrected chi connectivity index (χ4v) is 1.72. The van der Waals surface area contributed by atoms with Gasteiger partial charge in [-0.1, -0.05) is 12.1 Å². The van der Waals surface area contributed by atoms with Crippen molar-refractivity contribution in [2.24, 2.45) is 0 Å². The molecule has 0 fully saturated rings. The summed E-state index contributed by atoms with van der Waals surface area (Å²) in [5.41, 5.74) is 8.55. The van der Waals surface area contributed by atoms with Gasteiger partial charge in [-0.15, -0.1) is 0 Å². The van der Waals surface area contributed by atoms with Crippen LogP contribution < -0.4 is 5.73 Å². The molecule has 3 N–H and O–H groups in total. The van der Waals surface area contributed by atoms with Crippen LogP contribution in [0.4, 0.5) is 5.69 Å². The zero-order chi connectivity index (χ0) is 11.0. The van der Waals surface area contributed by atoms with Gasteiger partial charge in [0.2, 0.25) is 0 Å². The Hall–Kier alpha value is -1.97. The molecule has 0 aliphatic heterocycles. The molecule has 4 heteroatoms. The van der Waals surface area contributed by atoms with E-state index >= 15 is 0 Å². The van der Waals surface area contributed by atoms with Crippen molar-refractivity contribution in [2.75, 3.05) is 12.8 Å². The number of hydrogen-bond donors (Lipinski definition) is 2. The second-order valence-corrected chi connectivity index (χ2v) is 3.40. The Morgan fingerprint density at radius 3 is 2.80 bits per heavy atom. The van der Waals surface area contributed by atoms with Crippen molar-refractivity contribution >= 4 is 22.6 Å². The van der Waals surface area contributed by atoms with E-state index in [1.54, 1.807) is 0 Å². The first-order valence-corrected chi connectivity index (χ1v) is 4.60. The lowest BCUT2D eigenvalue weighted by atomic mass is 10.1. The van der Waals surface area contributed by atoms with E-state index in [-0.39, 0.29) is 0 Å². The van der Waals surface area contributed by atoms with E-state index in [0.29, 0.717) is 11.4 Å². The quantitative estimate of drug-likeness (QED) is 0.696. The van der Waals surface area contributed by atoms with E-state index in [1.807, 2.05) is 25.1 Å². The molecule has 0 saturated heterocycles. The standard InChI is InChI=1S/C11H12N2O2/c1-6-4-3-5-7-8(6)9(12)10(13-7)11(14)15-2/h3-5,13H,12H2,1-2H3. The van der Waals surface area contributed by atoms with Gasteiger partial charge in [0.25, 0.3) is 0 Å². The highest BCUT2D eigenvalue weighted by Crippen LogP contribution is 2.27. The van der Waals surface area contributed by atoms with Crippen molar-refractivity contribution in [3.8, 4) is 0 Å². The summed E-state index contributed by atoms with van der Waals surface area (Å²) in [4.78, 5) is 14.3. The minimum atomic E-state index is -0.442. The number of esters is 1. The van der Waals surface area contributed by atoms with Crippen LogP contribution in [0, 0.1) is 6.92 Å². The van der Waals surface area contributed by atoms with Gasteiger partial charge < -0.3 is 15.5 Å². The number of rotatable bonds is 1. The summed E-state index contributed by atoms with van der Waals surface area (Å²) >= 11 is 0. The summed E-state index contributed by atoms with van der Waals surface area (Å²) in [6, 6.07) is 5.74. The molecule has 0 atom stereocenters. The van der Waals surface area contributed by atoms with Gasteiger partial charge in [-0.3, -0.25) is 0 Å². The fraction of sp³-hybridized carbons (Fsp3) is 0.182. The van der Waals surface area contributed by atoms with Gasteiger partial charge >= 0.3 is 5.97 Å². The molecule has 0 aliphatic carbocycles. The van der Waals surface area contributed by atoms with Crippen molar-refractivity contribution in [2.45, 2.75) is 6.92 Å². The molecular formula is C11H12N2O2. The number of aromatic nitrogens is 1. The molecule has 0 saturated carbocycles. The van der Waals surface area contributed by atoms with Crippen LogP contribution in [0.2, 0.25) is 0 Å². The van der Waals surface area contributed by atoms with Crippen LogP contribution in [0.1, 0.15) is 16.1 Å². The van der Waals surface area contributed by atoms with E-state index < -0.39 is 5.97 Å². The molecule has 0 aliphatic rings. The van der Waals surface area contributed by atoms with Crippen molar-refractivity contribution in [1.29, 1.82) is 0 Å². The molecule has 4 nitrogen and oxygen atoms in total. The van der Waals surface area contributed by atoms with E-state index in [4.69, 9.17) is 5.73 Å². The molecule has 15 heavy (non-hydrogen) atoms. The number of benzene rings is 1. The molecule has 0 amide bonds. The van der Waals surface area contributed by atoms with Gasteiger partial charge in [-0.05, 0) is 18.6 Å². The van der Waals surface area contributed by atoms with Crippen molar-refractivity contribution < 1.29 is 9.53 Å². The maximum Gasteiger partial charge on any atom is 0.356 e. The number of anilines is 1. The Bertz CT molecular complexity index is 529. The highest BCUT2D eigenvalue weighted by molar-refractivity contribution is 6.06. The predicted octanol–water partition coefficient (Wildman–Crippen LogP) is 1.85. The third kappa shape index (κ3) is 1.34. The number of fused-ring (bicyclic) bond motifs is 1. The van der Waals surface area contributed by atoms with Gasteiger partial charge in [0.15, 0.2) is 0 Å². The summed E-state index contributed by atoms with van der Waals surface area (Å²) in [5, 5.41) is 0.887. The van der Waals surface area contributed by atoms with Gasteiger partial charge in [-0.2, -0.15) is 0 Å². The first-order chi connectivity index (χ1) is 7.15. The van der Waals surface area contributed by atoms with Crippen LogP contribution in [0.25, 0.3) is 10.9 Å². The average molecular weight is 204 g/mol. The molecule has 1 aromatic carbocycles. The van der Waals surface area contributed by atoms with Crippen LogP contribution in [-0.2, 0) is 4.74 Å². The smallest absolute Gasteiger partial charge is 0.356 e. The first kappa shape index (κ1) is 9.58. The summed E-state index contributed by atoms with van der Waals surface area (Å²) < 4.78 is 4.64. The second-order valence-electron chi connectivity index (χ2n) is 3.40. The molecule has 0 unspecified atom stereocenters. The Kier molecular flexibility index (Phi) is 2.11. The van der Waals surface area contributed by atoms with Crippen LogP contribution in [0.15, 0.2) is 18.2 Å². The minimum absolute atomic E-state index is 0.321. The number of nitrogen functional groups attached to an aromatic ring is 1. The number of methoxy groups -OCH3 is 1. The lowest BCUT2D eigenvalue weighted by molar-refractivity contribution is 0.0596. The Morgan fingerprint density at radius 1 is 1.47 bits per heavy atom. The molecule has 2 aromatic rings. The fourth-order valence-electron chi connectivity index (χ4n) is 1.72. The number of aryl methyl sites for hydroxylation is 1. The van der Waals surface area contributed by atoms with Gasteiger partial charge in [-0.25, -0.2) is 4.79 Å². The van der Waals surface area contributed by atoms with Crippen LogP contribution in [-0.4, -0.2) is 18.1 Å². The van der Waals surface area contributed by atoms with Crippen LogP contribution in [0.5, 0.6) is 0 Å². The highest BCUT2D eigenvalue weighted by Gasteiger charge is 2.16. The van der Waals surface area contributed by atoms with Crippen molar-refractivity contribution in [1.82, 2.24) is 4.98 Å². The summed E-state index contributed by atoms with van der Waals surface area (Å²) in [6.45, 7) is 1.95. The lowest BCUT2D eigenvalue weighted by Crippen LogP contribution is -2.04. The van der Waals surface area contributed by atoms with E-state index in [0.717, 1.165) is 16.5 Å². The molecular weight excluding hydrogens is 192 g/mol. The average Bonchev–Trinajstić information content (AvgIpc) is 2.56. The molecule has 2 rings (SSSR count). The Morgan fingerprint density at radius 2 is 2.20 bits per heavy atom. The van der Waals surface area contributed by atoms with Gasteiger partial charge in [0.1, 0.15) is 5.69 Å². The monoisotopic (exact) mass is 204 g/mol. The largest absolute Gasteiger partial charge is 0.464 e. The van der Waals surface area contributed by atoms with Crippen LogP contribution >= 0.6 is 0 Å². The minimum Gasteiger partial charge on any atom is -0.464 e.